The van der Waals surface area contributed by atoms with Crippen LogP contribution in [0.2, 0.25) is 0 Å². The molecular weight excluding hydrogens is 174 g/mol. The molecule has 0 spiro atoms. The average molecular weight is 195 g/mol. The molecule has 1 atom stereocenters. The lowest BCUT2D eigenvalue weighted by molar-refractivity contribution is 0.0654. The van der Waals surface area contributed by atoms with Crippen molar-refractivity contribution in [3.63, 3.8) is 0 Å². The highest BCUT2D eigenvalue weighted by atomic mass is 16.5. The van der Waals surface area contributed by atoms with Gasteiger partial charge in [0.2, 0.25) is 0 Å². The molecule has 0 aliphatic carbocycles. The van der Waals surface area contributed by atoms with Gasteiger partial charge in [-0.15, -0.1) is 12.3 Å². The average Bonchev–Trinajstić information content (AvgIpc) is 2.25. The van der Waals surface area contributed by atoms with E-state index in [4.69, 9.17) is 11.2 Å². The summed E-state index contributed by atoms with van der Waals surface area (Å²) in [4.78, 5) is 0. The first-order valence-corrected chi connectivity index (χ1v) is 5.61. The zero-order valence-electron chi connectivity index (χ0n) is 9.09. The standard InChI is InChI=1S/C12H21NO/c1-3-5-12(4-2)13-10-11-6-8-14-9-7-11/h1,11-13H,4-10H2,2H3. The first-order valence-electron chi connectivity index (χ1n) is 5.61. The lowest BCUT2D eigenvalue weighted by atomic mass is 9.99. The van der Waals surface area contributed by atoms with Crippen molar-refractivity contribution in [1.82, 2.24) is 5.32 Å². The molecule has 0 bridgehead atoms. The summed E-state index contributed by atoms with van der Waals surface area (Å²) in [6.07, 6.45) is 9.66. The molecule has 0 amide bonds. The molecular formula is C12H21NO. The van der Waals surface area contributed by atoms with Crippen LogP contribution < -0.4 is 5.32 Å². The van der Waals surface area contributed by atoms with E-state index in [-0.39, 0.29) is 0 Å². The van der Waals surface area contributed by atoms with Gasteiger partial charge >= 0.3 is 0 Å². The van der Waals surface area contributed by atoms with Crippen molar-refractivity contribution in [1.29, 1.82) is 0 Å². The fraction of sp³-hybridized carbons (Fsp3) is 0.833. The lowest BCUT2D eigenvalue weighted by Crippen LogP contribution is -2.34. The van der Waals surface area contributed by atoms with Gasteiger partial charge in [-0.1, -0.05) is 6.92 Å². The predicted octanol–water partition coefficient (Wildman–Crippen LogP) is 1.80. The van der Waals surface area contributed by atoms with E-state index < -0.39 is 0 Å². The van der Waals surface area contributed by atoms with Crippen LogP contribution in [-0.4, -0.2) is 25.8 Å². The third-order valence-corrected chi connectivity index (χ3v) is 2.89. The molecule has 80 valence electrons. The molecule has 0 aromatic carbocycles. The van der Waals surface area contributed by atoms with Crippen molar-refractivity contribution in [2.24, 2.45) is 5.92 Å². The van der Waals surface area contributed by atoms with Gasteiger partial charge in [-0.25, -0.2) is 0 Å². The molecule has 1 unspecified atom stereocenters. The first kappa shape index (κ1) is 11.6. The summed E-state index contributed by atoms with van der Waals surface area (Å²) >= 11 is 0. The molecule has 1 aliphatic heterocycles. The zero-order valence-corrected chi connectivity index (χ0v) is 9.09. The van der Waals surface area contributed by atoms with Crippen LogP contribution in [0.3, 0.4) is 0 Å². The number of nitrogens with one attached hydrogen (secondary N) is 1. The second-order valence-corrected chi connectivity index (χ2v) is 3.98. The molecule has 2 nitrogen and oxygen atoms in total. The number of hydrogen-bond donors (Lipinski definition) is 1. The van der Waals surface area contributed by atoms with Crippen LogP contribution in [0.25, 0.3) is 0 Å². The van der Waals surface area contributed by atoms with E-state index in [2.05, 4.69) is 18.2 Å². The van der Waals surface area contributed by atoms with E-state index in [1.54, 1.807) is 0 Å². The fourth-order valence-electron chi connectivity index (χ4n) is 1.79. The van der Waals surface area contributed by atoms with E-state index in [1.807, 2.05) is 0 Å². The van der Waals surface area contributed by atoms with Crippen LogP contribution >= 0.6 is 0 Å². The van der Waals surface area contributed by atoms with Crippen molar-refractivity contribution < 1.29 is 4.74 Å². The summed E-state index contributed by atoms with van der Waals surface area (Å²) in [6.45, 7) is 5.14. The minimum Gasteiger partial charge on any atom is -0.381 e. The molecule has 1 N–H and O–H groups in total. The SMILES string of the molecule is C#CCC(CC)NCC1CCOCC1. The summed E-state index contributed by atoms with van der Waals surface area (Å²) in [5.74, 6) is 3.51. The Labute approximate surface area is 87.4 Å². The third-order valence-electron chi connectivity index (χ3n) is 2.89. The molecule has 14 heavy (non-hydrogen) atoms. The van der Waals surface area contributed by atoms with Gasteiger partial charge in [-0.2, -0.15) is 0 Å². The highest BCUT2D eigenvalue weighted by Gasteiger charge is 2.14. The molecule has 0 aromatic rings. The topological polar surface area (TPSA) is 21.3 Å². The summed E-state index contributed by atoms with van der Waals surface area (Å²) in [5.41, 5.74) is 0. The van der Waals surface area contributed by atoms with Gasteiger partial charge < -0.3 is 10.1 Å². The highest BCUT2D eigenvalue weighted by molar-refractivity contribution is 4.89. The summed E-state index contributed by atoms with van der Waals surface area (Å²) < 4.78 is 5.32. The van der Waals surface area contributed by atoms with Crippen LogP contribution in [0.4, 0.5) is 0 Å². The maximum absolute atomic E-state index is 5.32. The fourth-order valence-corrected chi connectivity index (χ4v) is 1.79. The maximum atomic E-state index is 5.32. The van der Waals surface area contributed by atoms with E-state index in [0.717, 1.165) is 38.5 Å². The Hall–Kier alpha value is -0.520. The minimum absolute atomic E-state index is 0.503. The smallest absolute Gasteiger partial charge is 0.0469 e. The largest absolute Gasteiger partial charge is 0.381 e. The van der Waals surface area contributed by atoms with Crippen molar-refractivity contribution in [2.45, 2.75) is 38.6 Å². The van der Waals surface area contributed by atoms with Gasteiger partial charge in [0.1, 0.15) is 0 Å². The summed E-state index contributed by atoms with van der Waals surface area (Å²) in [7, 11) is 0. The van der Waals surface area contributed by atoms with Crippen LogP contribution in [0, 0.1) is 18.3 Å². The molecule has 1 fully saturated rings. The Kier molecular flexibility index (Phi) is 5.66. The Bertz CT molecular complexity index is 179. The van der Waals surface area contributed by atoms with Crippen LogP contribution in [0.1, 0.15) is 32.6 Å². The molecule has 0 radical (unpaired) electrons. The van der Waals surface area contributed by atoms with Gasteiger partial charge in [0.05, 0.1) is 0 Å². The molecule has 0 saturated carbocycles. The Morgan fingerprint density at radius 1 is 1.50 bits per heavy atom. The number of rotatable bonds is 5. The maximum Gasteiger partial charge on any atom is 0.0469 e. The van der Waals surface area contributed by atoms with Crippen LogP contribution in [0.15, 0.2) is 0 Å². The summed E-state index contributed by atoms with van der Waals surface area (Å²) in [5, 5.41) is 3.54. The minimum atomic E-state index is 0.503. The van der Waals surface area contributed by atoms with Crippen LogP contribution in [0.5, 0.6) is 0 Å². The lowest BCUT2D eigenvalue weighted by Gasteiger charge is -2.24. The molecule has 0 aromatic heterocycles. The Morgan fingerprint density at radius 2 is 2.21 bits per heavy atom. The second-order valence-electron chi connectivity index (χ2n) is 3.98. The monoisotopic (exact) mass is 195 g/mol. The number of terminal acetylenes is 1. The van der Waals surface area contributed by atoms with Gasteiger partial charge in [0.25, 0.3) is 0 Å². The van der Waals surface area contributed by atoms with E-state index in [1.165, 1.54) is 12.8 Å². The normalized spacial score (nSPS) is 20.3. The Morgan fingerprint density at radius 3 is 2.79 bits per heavy atom. The van der Waals surface area contributed by atoms with Gasteiger partial charge in [-0.3, -0.25) is 0 Å². The van der Waals surface area contributed by atoms with Gasteiger partial charge in [0, 0.05) is 25.7 Å². The van der Waals surface area contributed by atoms with Gasteiger partial charge in [-0.05, 0) is 31.7 Å². The van der Waals surface area contributed by atoms with Gasteiger partial charge in [0.15, 0.2) is 0 Å². The molecule has 2 heteroatoms. The van der Waals surface area contributed by atoms with E-state index in [0.29, 0.717) is 6.04 Å². The van der Waals surface area contributed by atoms with Crippen molar-refractivity contribution >= 4 is 0 Å². The highest BCUT2D eigenvalue weighted by Crippen LogP contribution is 2.13. The zero-order chi connectivity index (χ0) is 10.2. The van der Waals surface area contributed by atoms with Crippen molar-refractivity contribution in [2.75, 3.05) is 19.8 Å². The molecule has 1 rings (SSSR count). The van der Waals surface area contributed by atoms with E-state index in [9.17, 15) is 0 Å². The number of hydrogen-bond acceptors (Lipinski definition) is 2. The molecule has 1 heterocycles. The molecule has 1 saturated heterocycles. The van der Waals surface area contributed by atoms with E-state index >= 15 is 0 Å². The van der Waals surface area contributed by atoms with Crippen molar-refractivity contribution in [3.8, 4) is 12.3 Å². The Balaban J connectivity index is 2.14. The summed E-state index contributed by atoms with van der Waals surface area (Å²) in [6, 6.07) is 0.503. The third kappa shape index (κ3) is 4.13. The molecule has 1 aliphatic rings. The quantitative estimate of drug-likeness (QED) is 0.675. The van der Waals surface area contributed by atoms with Crippen LogP contribution in [-0.2, 0) is 4.74 Å². The predicted molar refractivity (Wildman–Crippen MR) is 59.1 cm³/mol. The first-order chi connectivity index (χ1) is 6.86. The second kappa shape index (κ2) is 6.86. The number of ether oxygens (including phenoxy) is 1. The van der Waals surface area contributed by atoms with Crippen molar-refractivity contribution in [3.05, 3.63) is 0 Å².